The molecule has 5 rings (SSSR count). The van der Waals surface area contributed by atoms with Crippen LogP contribution >= 0.6 is 11.8 Å². The summed E-state index contributed by atoms with van der Waals surface area (Å²) in [7, 11) is 0. The Labute approximate surface area is 259 Å². The number of thioether (sulfide) groups is 1. The maximum absolute atomic E-state index is 14.3. The van der Waals surface area contributed by atoms with Crippen molar-refractivity contribution in [1.82, 2.24) is 9.80 Å². The van der Waals surface area contributed by atoms with Crippen molar-refractivity contribution in [3.05, 3.63) is 65.7 Å². The summed E-state index contributed by atoms with van der Waals surface area (Å²) in [6.07, 6.45) is 1.03. The molecule has 1 saturated carbocycles. The van der Waals surface area contributed by atoms with Crippen molar-refractivity contribution in [2.75, 3.05) is 38.5 Å². The molecule has 240 valence electrons. The van der Waals surface area contributed by atoms with Gasteiger partial charge in [-0.3, -0.25) is 4.90 Å². The average molecular weight is 639 g/mol. The molecule has 2 aliphatic heterocycles. The lowest BCUT2D eigenvalue weighted by Crippen LogP contribution is -2.45. The van der Waals surface area contributed by atoms with Crippen molar-refractivity contribution in [3.8, 4) is 0 Å². The number of alkyl halides is 3. The van der Waals surface area contributed by atoms with Crippen molar-refractivity contribution in [2.45, 2.75) is 68.0 Å². The number of hydrogen-bond donors (Lipinski definition) is 0. The summed E-state index contributed by atoms with van der Waals surface area (Å²) < 4.78 is 70.6. The van der Waals surface area contributed by atoms with Crippen molar-refractivity contribution in [3.63, 3.8) is 0 Å². The molecule has 0 amide bonds. The number of ether oxygens (including phenoxy) is 1. The maximum Gasteiger partial charge on any atom is 0.491 e. The molecule has 0 aromatic heterocycles. The van der Waals surface area contributed by atoms with Crippen LogP contribution < -0.4 is 0 Å². The second-order valence-electron chi connectivity index (χ2n) is 12.5. The fraction of sp³-hybridized carbons (Fsp3) is 0.576. The van der Waals surface area contributed by atoms with Gasteiger partial charge in [0.2, 0.25) is 0 Å². The lowest BCUT2D eigenvalue weighted by Gasteiger charge is -2.35. The van der Waals surface area contributed by atoms with Gasteiger partial charge in [-0.15, -0.1) is 11.8 Å². The van der Waals surface area contributed by atoms with E-state index in [0.29, 0.717) is 25.4 Å². The first-order valence-corrected chi connectivity index (χ1v) is 16.5. The number of carbonyl (C=O) groups is 2. The highest BCUT2D eigenvalue weighted by atomic mass is 32.2. The van der Waals surface area contributed by atoms with E-state index in [9.17, 15) is 31.5 Å². The topological polar surface area (TPSA) is 49.9 Å². The molecule has 3 atom stereocenters. The van der Waals surface area contributed by atoms with E-state index in [-0.39, 0.29) is 29.4 Å². The third kappa shape index (κ3) is 8.81. The van der Waals surface area contributed by atoms with E-state index in [0.717, 1.165) is 74.4 Å². The molecule has 0 spiro atoms. The van der Waals surface area contributed by atoms with Crippen LogP contribution in [0.4, 0.5) is 22.0 Å². The van der Waals surface area contributed by atoms with Crippen LogP contribution in [0.25, 0.3) is 0 Å². The average Bonchev–Trinajstić information content (AvgIpc) is 3.37. The largest absolute Gasteiger partial charge is 0.491 e. The molecule has 11 heteroatoms. The SMILES string of the molecule is O=C(OC(=O)C(F)(F)F)[C@@H](CC1CCC1)N1CC(CN2CCC(CCSc3ccc(F)cc3)CC2)C(c2cccc(F)c2)C1. The van der Waals surface area contributed by atoms with Crippen LogP contribution in [-0.4, -0.2) is 72.4 Å². The summed E-state index contributed by atoms with van der Waals surface area (Å²) in [6.45, 7) is 3.36. The fourth-order valence-corrected chi connectivity index (χ4v) is 7.79. The highest BCUT2D eigenvalue weighted by Gasteiger charge is 2.46. The molecule has 2 aromatic rings. The number of likely N-dealkylation sites (tertiary alicyclic amines) is 2. The van der Waals surface area contributed by atoms with E-state index in [1.54, 1.807) is 30.0 Å². The Hall–Kier alpha value is -2.50. The summed E-state index contributed by atoms with van der Waals surface area (Å²) >= 11 is 1.73. The Morgan fingerprint density at radius 3 is 2.30 bits per heavy atom. The molecule has 3 aliphatic rings. The number of carbonyl (C=O) groups excluding carboxylic acids is 2. The molecule has 2 unspecified atom stereocenters. The Morgan fingerprint density at radius 1 is 0.932 bits per heavy atom. The van der Waals surface area contributed by atoms with Crippen LogP contribution in [0.2, 0.25) is 0 Å². The minimum Gasteiger partial charge on any atom is -0.385 e. The predicted molar refractivity (Wildman–Crippen MR) is 158 cm³/mol. The normalized spacial score (nSPS) is 22.9. The van der Waals surface area contributed by atoms with Crippen molar-refractivity contribution >= 4 is 23.7 Å². The Kier molecular flexibility index (Phi) is 11.0. The molecule has 5 nitrogen and oxygen atoms in total. The van der Waals surface area contributed by atoms with Crippen LogP contribution in [0.3, 0.4) is 0 Å². The first kappa shape index (κ1) is 32.9. The number of rotatable bonds is 11. The van der Waals surface area contributed by atoms with E-state index in [2.05, 4.69) is 9.64 Å². The van der Waals surface area contributed by atoms with Gasteiger partial charge in [-0.05, 0) is 104 Å². The van der Waals surface area contributed by atoms with Gasteiger partial charge in [0, 0.05) is 30.4 Å². The summed E-state index contributed by atoms with van der Waals surface area (Å²) in [5.41, 5.74) is 0.798. The second kappa shape index (κ2) is 14.7. The van der Waals surface area contributed by atoms with Gasteiger partial charge in [0.05, 0.1) is 0 Å². The van der Waals surface area contributed by atoms with Gasteiger partial charge in [-0.2, -0.15) is 13.2 Å². The number of esters is 2. The van der Waals surface area contributed by atoms with E-state index < -0.39 is 24.2 Å². The zero-order chi connectivity index (χ0) is 31.3. The van der Waals surface area contributed by atoms with Crippen LogP contribution in [-0.2, 0) is 14.3 Å². The van der Waals surface area contributed by atoms with Crippen LogP contribution in [0, 0.1) is 29.4 Å². The smallest absolute Gasteiger partial charge is 0.385 e. The van der Waals surface area contributed by atoms with Crippen LogP contribution in [0.5, 0.6) is 0 Å². The molecule has 2 saturated heterocycles. The standard InChI is InChI=1S/C33H39F5N2O3S/c34-26-7-9-28(10-8-26)44-16-13-22-11-14-39(15-12-22)19-25-20-40(21-29(25)24-5-2-6-27(35)18-24)30(17-23-3-1-4-23)31(41)43-32(42)33(36,37)38/h2,5-10,18,22-23,25,29-30H,1,3-4,11-17,19-21H2/t25?,29?,30-/m1/s1. The van der Waals surface area contributed by atoms with Crippen LogP contribution in [0.1, 0.15) is 56.4 Å². The summed E-state index contributed by atoms with van der Waals surface area (Å²) in [6, 6.07) is 12.0. The van der Waals surface area contributed by atoms with Crippen LogP contribution in [0.15, 0.2) is 53.4 Å². The maximum atomic E-state index is 14.3. The van der Waals surface area contributed by atoms with Crippen molar-refractivity contribution in [2.24, 2.45) is 17.8 Å². The zero-order valence-electron chi connectivity index (χ0n) is 24.6. The number of halogens is 5. The van der Waals surface area contributed by atoms with Gasteiger partial charge >= 0.3 is 18.1 Å². The molecule has 3 fully saturated rings. The first-order valence-electron chi connectivity index (χ1n) is 15.5. The summed E-state index contributed by atoms with van der Waals surface area (Å²) in [5.74, 6) is -2.59. The van der Waals surface area contributed by atoms with Gasteiger partial charge < -0.3 is 9.64 Å². The van der Waals surface area contributed by atoms with Gasteiger partial charge in [0.1, 0.15) is 17.7 Å². The Morgan fingerprint density at radius 2 is 1.66 bits per heavy atom. The van der Waals surface area contributed by atoms with Crippen molar-refractivity contribution < 1.29 is 36.3 Å². The number of hydrogen-bond acceptors (Lipinski definition) is 6. The minimum absolute atomic E-state index is 0.0254. The highest BCUT2D eigenvalue weighted by molar-refractivity contribution is 7.99. The highest BCUT2D eigenvalue weighted by Crippen LogP contribution is 2.39. The summed E-state index contributed by atoms with van der Waals surface area (Å²) in [4.78, 5) is 29.9. The van der Waals surface area contributed by atoms with E-state index in [1.165, 1.54) is 24.3 Å². The van der Waals surface area contributed by atoms with Gasteiger partial charge in [-0.1, -0.05) is 31.4 Å². The van der Waals surface area contributed by atoms with E-state index in [1.807, 2.05) is 11.0 Å². The minimum atomic E-state index is -5.25. The molecule has 2 aromatic carbocycles. The number of nitrogens with zero attached hydrogens (tertiary/aromatic N) is 2. The number of piperidine rings is 1. The van der Waals surface area contributed by atoms with Crippen molar-refractivity contribution in [1.29, 1.82) is 0 Å². The Balaban J connectivity index is 1.22. The molecular formula is C33H39F5N2O3S. The predicted octanol–water partition coefficient (Wildman–Crippen LogP) is 7.07. The lowest BCUT2D eigenvalue weighted by atomic mass is 9.80. The van der Waals surface area contributed by atoms with Gasteiger partial charge in [0.15, 0.2) is 0 Å². The molecule has 0 radical (unpaired) electrons. The van der Waals surface area contributed by atoms with E-state index >= 15 is 0 Å². The third-order valence-electron chi connectivity index (χ3n) is 9.47. The quantitative estimate of drug-likeness (QED) is 0.114. The molecule has 1 aliphatic carbocycles. The molecule has 2 heterocycles. The first-order chi connectivity index (χ1) is 21.0. The summed E-state index contributed by atoms with van der Waals surface area (Å²) in [5, 5.41) is 0. The molecule has 0 bridgehead atoms. The molecule has 0 N–H and O–H groups in total. The zero-order valence-corrected chi connectivity index (χ0v) is 25.4. The molecular weight excluding hydrogens is 599 g/mol. The fourth-order valence-electron chi connectivity index (χ4n) is 6.78. The van der Waals surface area contributed by atoms with Gasteiger partial charge in [0.25, 0.3) is 0 Å². The third-order valence-corrected chi connectivity index (χ3v) is 10.5. The Bertz CT molecular complexity index is 1260. The van der Waals surface area contributed by atoms with E-state index in [4.69, 9.17) is 0 Å². The second-order valence-corrected chi connectivity index (χ2v) is 13.6. The van der Waals surface area contributed by atoms with Gasteiger partial charge in [-0.25, -0.2) is 18.4 Å². The monoisotopic (exact) mass is 638 g/mol. The number of benzene rings is 2. The molecule has 44 heavy (non-hydrogen) atoms. The lowest BCUT2D eigenvalue weighted by molar-refractivity contribution is -0.203.